The Hall–Kier alpha value is -2.20. The van der Waals surface area contributed by atoms with Crippen LogP contribution in [-0.2, 0) is 14.6 Å². The van der Waals surface area contributed by atoms with Gasteiger partial charge in [0.05, 0.1) is 22.5 Å². The second-order valence-electron chi connectivity index (χ2n) is 7.89. The highest BCUT2D eigenvalue weighted by atomic mass is 35.5. The zero-order chi connectivity index (χ0) is 23.3. The number of rotatable bonds is 10. The molecule has 0 unspecified atom stereocenters. The average molecular weight is 512 g/mol. The summed E-state index contributed by atoms with van der Waals surface area (Å²) in [6.07, 6.45) is 0.641. The van der Waals surface area contributed by atoms with Crippen LogP contribution in [0.25, 0.3) is 10.2 Å². The number of aromatic nitrogens is 1. The van der Waals surface area contributed by atoms with Crippen molar-refractivity contribution >= 4 is 54.8 Å². The quantitative estimate of drug-likeness (QED) is 0.406. The molecule has 0 bridgehead atoms. The van der Waals surface area contributed by atoms with Crippen molar-refractivity contribution in [2.24, 2.45) is 0 Å². The summed E-state index contributed by atoms with van der Waals surface area (Å²) in [5.74, 6) is 0.151. The van der Waals surface area contributed by atoms with Gasteiger partial charge in [-0.3, -0.25) is 9.69 Å². The lowest BCUT2D eigenvalue weighted by atomic mass is 10.2. The number of carbonyl (C=O) groups is 1. The number of ether oxygens (including phenoxy) is 1. The van der Waals surface area contributed by atoms with Crippen LogP contribution >= 0.6 is 23.7 Å². The lowest BCUT2D eigenvalue weighted by molar-refractivity contribution is -0.118. The van der Waals surface area contributed by atoms with Gasteiger partial charge in [-0.2, -0.15) is 0 Å². The Bertz CT molecular complexity index is 1180. The van der Waals surface area contributed by atoms with Crippen molar-refractivity contribution in [2.75, 3.05) is 44.9 Å². The minimum atomic E-state index is -3.55. The molecule has 2 aromatic carbocycles. The van der Waals surface area contributed by atoms with Crippen LogP contribution in [-0.4, -0.2) is 64.3 Å². The van der Waals surface area contributed by atoms with E-state index in [-0.39, 0.29) is 35.4 Å². The maximum Gasteiger partial charge on any atom is 0.229 e. The molecule has 10 heteroatoms. The molecule has 180 valence electrons. The van der Waals surface area contributed by atoms with Gasteiger partial charge in [-0.05, 0) is 58.3 Å². The van der Waals surface area contributed by atoms with Gasteiger partial charge in [0.15, 0.2) is 15.0 Å². The summed E-state index contributed by atoms with van der Waals surface area (Å²) in [7, 11) is 1.99. The molecule has 0 aliphatic rings. The summed E-state index contributed by atoms with van der Waals surface area (Å²) in [6, 6.07) is 12.3. The second kappa shape index (κ2) is 11.8. The second-order valence-corrected chi connectivity index (χ2v) is 11.0. The monoisotopic (exact) mass is 511 g/mol. The van der Waals surface area contributed by atoms with E-state index in [1.807, 2.05) is 44.1 Å². The molecule has 7 nitrogen and oxygen atoms in total. The number of nitrogens with zero attached hydrogens (tertiary/aromatic N) is 3. The summed E-state index contributed by atoms with van der Waals surface area (Å²) in [5, 5.41) is 0.556. The van der Waals surface area contributed by atoms with E-state index in [1.165, 1.54) is 11.3 Å². The van der Waals surface area contributed by atoms with Crippen LogP contribution in [0.4, 0.5) is 5.13 Å². The van der Waals surface area contributed by atoms with Crippen LogP contribution in [0.2, 0.25) is 0 Å². The van der Waals surface area contributed by atoms with E-state index < -0.39 is 9.84 Å². The molecule has 3 rings (SSSR count). The fraction of sp³-hybridized carbons (Fsp3) is 0.391. The normalized spacial score (nSPS) is 11.4. The molecule has 0 N–H and O–H groups in total. The summed E-state index contributed by atoms with van der Waals surface area (Å²) >= 11 is 1.40. The zero-order valence-corrected chi connectivity index (χ0v) is 21.7. The fourth-order valence-corrected chi connectivity index (χ4v) is 5.54. The van der Waals surface area contributed by atoms with E-state index in [1.54, 1.807) is 36.3 Å². The largest absolute Gasteiger partial charge is 0.494 e. The van der Waals surface area contributed by atoms with Crippen LogP contribution < -0.4 is 9.64 Å². The predicted octanol–water partition coefficient (Wildman–Crippen LogP) is 4.18. The number of hydrogen-bond donors (Lipinski definition) is 0. The number of aryl methyl sites for hydroxylation is 1. The number of thiazole rings is 1. The SMILES string of the molecule is COc1cccc2sc(N(CCCN(C)C)C(=O)CCS(=O)(=O)c3ccc(C)cc3)nc12.Cl. The van der Waals surface area contributed by atoms with Crippen LogP contribution in [0.15, 0.2) is 47.4 Å². The van der Waals surface area contributed by atoms with E-state index in [2.05, 4.69) is 4.98 Å². The van der Waals surface area contributed by atoms with Crippen LogP contribution in [0.1, 0.15) is 18.4 Å². The molecule has 0 saturated carbocycles. The van der Waals surface area contributed by atoms with E-state index >= 15 is 0 Å². The number of carbonyl (C=O) groups excluding carboxylic acids is 1. The number of sulfone groups is 1. The third-order valence-corrected chi connectivity index (χ3v) is 7.85. The van der Waals surface area contributed by atoms with Crippen molar-refractivity contribution in [3.8, 4) is 5.75 Å². The lowest BCUT2D eigenvalue weighted by Gasteiger charge is -2.21. The maximum absolute atomic E-state index is 13.2. The molecule has 1 heterocycles. The smallest absolute Gasteiger partial charge is 0.229 e. The molecule has 0 aliphatic carbocycles. The molecule has 3 aromatic rings. The number of benzene rings is 2. The molecule has 33 heavy (non-hydrogen) atoms. The molecule has 0 saturated heterocycles. The van der Waals surface area contributed by atoms with E-state index in [9.17, 15) is 13.2 Å². The van der Waals surface area contributed by atoms with Crippen LogP contribution in [0.5, 0.6) is 5.75 Å². The highest BCUT2D eigenvalue weighted by Gasteiger charge is 2.23. The molecule has 0 fully saturated rings. The molecule has 1 aromatic heterocycles. The maximum atomic E-state index is 13.2. The van der Waals surface area contributed by atoms with Crippen molar-refractivity contribution < 1.29 is 17.9 Å². The summed E-state index contributed by atoms with van der Waals surface area (Å²) < 4.78 is 31.8. The topological polar surface area (TPSA) is 79.8 Å². The highest BCUT2D eigenvalue weighted by molar-refractivity contribution is 7.91. The minimum absolute atomic E-state index is 0. The van der Waals surface area contributed by atoms with Gasteiger partial charge in [0.25, 0.3) is 0 Å². The number of methoxy groups -OCH3 is 1. The Morgan fingerprint density at radius 3 is 2.42 bits per heavy atom. The Labute approximate surface area is 205 Å². The van der Waals surface area contributed by atoms with Crippen molar-refractivity contribution in [3.63, 3.8) is 0 Å². The van der Waals surface area contributed by atoms with Gasteiger partial charge in [-0.25, -0.2) is 13.4 Å². The Morgan fingerprint density at radius 1 is 1.09 bits per heavy atom. The third kappa shape index (κ3) is 6.89. The Morgan fingerprint density at radius 2 is 1.79 bits per heavy atom. The number of amides is 1. The number of fused-ring (bicyclic) bond motifs is 1. The average Bonchev–Trinajstić information content (AvgIpc) is 3.19. The van der Waals surface area contributed by atoms with Gasteiger partial charge in [0.1, 0.15) is 11.3 Å². The lowest BCUT2D eigenvalue weighted by Crippen LogP contribution is -2.34. The van der Waals surface area contributed by atoms with E-state index in [0.717, 1.165) is 23.2 Å². The molecule has 0 aliphatic heterocycles. The van der Waals surface area contributed by atoms with Crippen molar-refractivity contribution in [2.45, 2.75) is 24.7 Å². The van der Waals surface area contributed by atoms with E-state index in [4.69, 9.17) is 4.74 Å². The van der Waals surface area contributed by atoms with Gasteiger partial charge < -0.3 is 9.64 Å². The van der Waals surface area contributed by atoms with Gasteiger partial charge in [-0.1, -0.05) is 35.1 Å². The first kappa shape index (κ1) is 27.0. The van der Waals surface area contributed by atoms with Gasteiger partial charge in [0, 0.05) is 13.0 Å². The third-order valence-electron chi connectivity index (χ3n) is 5.07. The Balaban J connectivity index is 0.00000385. The first-order valence-corrected chi connectivity index (χ1v) is 12.9. The van der Waals surface area contributed by atoms with Crippen molar-refractivity contribution in [3.05, 3.63) is 48.0 Å². The molecular weight excluding hydrogens is 482 g/mol. The standard InChI is InChI=1S/C23H29N3O4S2.ClH/c1-17-9-11-18(12-10-17)32(28,29)16-13-21(27)26(15-6-14-25(2)3)23-24-22-19(30-4)7-5-8-20(22)31-23;/h5,7-12H,6,13-16H2,1-4H3;1H. The highest BCUT2D eigenvalue weighted by Crippen LogP contribution is 2.34. The molecule has 0 radical (unpaired) electrons. The minimum Gasteiger partial charge on any atom is -0.494 e. The van der Waals surface area contributed by atoms with E-state index in [0.29, 0.717) is 22.9 Å². The zero-order valence-electron chi connectivity index (χ0n) is 19.3. The molecule has 0 atom stereocenters. The van der Waals surface area contributed by atoms with Crippen molar-refractivity contribution in [1.82, 2.24) is 9.88 Å². The summed E-state index contributed by atoms with van der Waals surface area (Å²) in [5.41, 5.74) is 1.69. The number of halogens is 1. The number of para-hydroxylation sites is 1. The van der Waals surface area contributed by atoms with Gasteiger partial charge in [-0.15, -0.1) is 12.4 Å². The molecule has 1 amide bonds. The first-order chi connectivity index (χ1) is 15.2. The molecular formula is C23H30ClN3O4S2. The van der Waals surface area contributed by atoms with Crippen LogP contribution in [0, 0.1) is 6.92 Å². The number of hydrogen-bond acceptors (Lipinski definition) is 7. The van der Waals surface area contributed by atoms with Crippen molar-refractivity contribution in [1.29, 1.82) is 0 Å². The van der Waals surface area contributed by atoms with Gasteiger partial charge in [0.2, 0.25) is 5.91 Å². The summed E-state index contributed by atoms with van der Waals surface area (Å²) in [6.45, 7) is 3.17. The van der Waals surface area contributed by atoms with Gasteiger partial charge >= 0.3 is 0 Å². The number of anilines is 1. The Kier molecular flexibility index (Phi) is 9.66. The predicted molar refractivity (Wildman–Crippen MR) is 137 cm³/mol. The molecule has 0 spiro atoms. The first-order valence-electron chi connectivity index (χ1n) is 10.4. The fourth-order valence-electron chi connectivity index (χ4n) is 3.28. The summed E-state index contributed by atoms with van der Waals surface area (Å²) in [4.78, 5) is 21.7. The van der Waals surface area contributed by atoms with Crippen LogP contribution in [0.3, 0.4) is 0 Å².